The Morgan fingerprint density at radius 3 is 2.71 bits per heavy atom. The molecule has 1 heterocycles. The molecule has 0 fully saturated rings. The van der Waals surface area contributed by atoms with E-state index in [2.05, 4.69) is 20.9 Å². The topological polar surface area (TPSA) is 22.1 Å². The Labute approximate surface area is 112 Å². The van der Waals surface area contributed by atoms with Crippen molar-refractivity contribution in [2.24, 2.45) is 0 Å². The summed E-state index contributed by atoms with van der Waals surface area (Å²) in [5.41, 5.74) is 0.885. The normalized spacial score (nSPS) is 10.3. The highest BCUT2D eigenvalue weighted by atomic mass is 79.9. The Morgan fingerprint density at radius 2 is 2.12 bits per heavy atom. The molecule has 0 saturated heterocycles. The van der Waals surface area contributed by atoms with Crippen LogP contribution in [0.5, 0.6) is 11.6 Å². The standard InChI is InChI=1S/C12H8BrClFNO/c13-9-2-3-11(10(15)5-9)17-12-4-1-8(6-14)7-16-12/h1-5,7H,6H2. The monoisotopic (exact) mass is 315 g/mol. The first-order valence-electron chi connectivity index (χ1n) is 4.83. The summed E-state index contributed by atoms with van der Waals surface area (Å²) in [7, 11) is 0. The predicted molar refractivity (Wildman–Crippen MR) is 68.0 cm³/mol. The molecule has 1 aromatic carbocycles. The van der Waals surface area contributed by atoms with Crippen molar-refractivity contribution < 1.29 is 9.13 Å². The number of pyridine rings is 1. The molecule has 0 amide bonds. The van der Waals surface area contributed by atoms with Crippen molar-refractivity contribution in [1.82, 2.24) is 4.98 Å². The zero-order valence-corrected chi connectivity index (χ0v) is 11.0. The number of hydrogen-bond acceptors (Lipinski definition) is 2. The van der Waals surface area contributed by atoms with E-state index in [4.69, 9.17) is 16.3 Å². The molecule has 0 aliphatic rings. The Balaban J connectivity index is 2.19. The van der Waals surface area contributed by atoms with Gasteiger partial charge < -0.3 is 4.74 Å². The van der Waals surface area contributed by atoms with E-state index in [9.17, 15) is 4.39 Å². The average molecular weight is 317 g/mol. The van der Waals surface area contributed by atoms with Gasteiger partial charge in [0, 0.05) is 22.6 Å². The first-order valence-corrected chi connectivity index (χ1v) is 6.15. The quantitative estimate of drug-likeness (QED) is 0.777. The largest absolute Gasteiger partial charge is 0.436 e. The molecule has 2 rings (SSSR count). The smallest absolute Gasteiger partial charge is 0.219 e. The van der Waals surface area contributed by atoms with Crippen molar-refractivity contribution in [1.29, 1.82) is 0 Å². The molecular formula is C12H8BrClFNO. The van der Waals surface area contributed by atoms with Gasteiger partial charge in [0.15, 0.2) is 11.6 Å². The van der Waals surface area contributed by atoms with Gasteiger partial charge in [-0.3, -0.25) is 0 Å². The minimum absolute atomic E-state index is 0.138. The molecule has 0 aliphatic heterocycles. The molecule has 0 N–H and O–H groups in total. The second kappa shape index (κ2) is 5.47. The highest BCUT2D eigenvalue weighted by Crippen LogP contribution is 2.25. The van der Waals surface area contributed by atoms with Gasteiger partial charge in [0.05, 0.1) is 0 Å². The molecule has 0 atom stereocenters. The Morgan fingerprint density at radius 1 is 1.29 bits per heavy atom. The number of rotatable bonds is 3. The van der Waals surface area contributed by atoms with Crippen LogP contribution >= 0.6 is 27.5 Å². The van der Waals surface area contributed by atoms with E-state index in [0.717, 1.165) is 5.56 Å². The van der Waals surface area contributed by atoms with Crippen molar-refractivity contribution >= 4 is 27.5 Å². The summed E-state index contributed by atoms with van der Waals surface area (Å²) >= 11 is 8.81. The fraction of sp³-hybridized carbons (Fsp3) is 0.0833. The highest BCUT2D eigenvalue weighted by molar-refractivity contribution is 9.10. The lowest BCUT2D eigenvalue weighted by atomic mass is 10.3. The molecule has 0 bridgehead atoms. The number of aromatic nitrogens is 1. The molecule has 0 unspecified atom stereocenters. The zero-order valence-electron chi connectivity index (χ0n) is 8.66. The van der Waals surface area contributed by atoms with E-state index in [1.54, 1.807) is 24.4 Å². The van der Waals surface area contributed by atoms with Crippen LogP contribution in [0, 0.1) is 5.82 Å². The Bertz CT molecular complexity index is 518. The van der Waals surface area contributed by atoms with Gasteiger partial charge in [0.2, 0.25) is 5.88 Å². The number of benzene rings is 1. The van der Waals surface area contributed by atoms with E-state index in [1.807, 2.05) is 0 Å². The summed E-state index contributed by atoms with van der Waals surface area (Å²) in [4.78, 5) is 4.02. The lowest BCUT2D eigenvalue weighted by molar-refractivity contribution is 0.427. The molecule has 0 aliphatic carbocycles. The number of ether oxygens (including phenoxy) is 1. The fourth-order valence-electron chi connectivity index (χ4n) is 1.22. The number of hydrogen-bond donors (Lipinski definition) is 0. The maximum atomic E-state index is 13.5. The second-order valence-electron chi connectivity index (χ2n) is 3.32. The van der Waals surface area contributed by atoms with Gasteiger partial charge in [0.25, 0.3) is 0 Å². The van der Waals surface area contributed by atoms with E-state index in [0.29, 0.717) is 16.2 Å². The Kier molecular flexibility index (Phi) is 3.97. The van der Waals surface area contributed by atoms with Crippen molar-refractivity contribution in [2.45, 2.75) is 5.88 Å². The van der Waals surface area contributed by atoms with Crippen LogP contribution in [-0.2, 0) is 5.88 Å². The van der Waals surface area contributed by atoms with E-state index in [1.165, 1.54) is 12.1 Å². The number of alkyl halides is 1. The maximum absolute atomic E-state index is 13.5. The summed E-state index contributed by atoms with van der Waals surface area (Å²) in [6.07, 6.45) is 1.60. The van der Waals surface area contributed by atoms with Gasteiger partial charge >= 0.3 is 0 Å². The van der Waals surface area contributed by atoms with Crippen molar-refractivity contribution in [2.75, 3.05) is 0 Å². The van der Waals surface area contributed by atoms with E-state index >= 15 is 0 Å². The van der Waals surface area contributed by atoms with E-state index < -0.39 is 5.82 Å². The molecule has 1 aromatic heterocycles. The molecule has 2 nitrogen and oxygen atoms in total. The van der Waals surface area contributed by atoms with Crippen LogP contribution in [0.1, 0.15) is 5.56 Å². The van der Waals surface area contributed by atoms with Crippen LogP contribution in [0.4, 0.5) is 4.39 Å². The molecule has 0 spiro atoms. The first-order chi connectivity index (χ1) is 8.19. The lowest BCUT2D eigenvalue weighted by Gasteiger charge is -2.06. The molecule has 0 saturated carbocycles. The van der Waals surface area contributed by atoms with E-state index in [-0.39, 0.29) is 5.75 Å². The zero-order chi connectivity index (χ0) is 12.3. The van der Waals surface area contributed by atoms with Gasteiger partial charge in [-0.15, -0.1) is 11.6 Å². The number of nitrogens with zero attached hydrogens (tertiary/aromatic N) is 1. The summed E-state index contributed by atoms with van der Waals surface area (Å²) in [6, 6.07) is 8.01. The highest BCUT2D eigenvalue weighted by Gasteiger charge is 2.05. The summed E-state index contributed by atoms with van der Waals surface area (Å²) in [6.45, 7) is 0. The Hall–Kier alpha value is -1.13. The van der Waals surface area contributed by atoms with Gasteiger partial charge in [-0.1, -0.05) is 22.0 Å². The third-order valence-corrected chi connectivity index (χ3v) is 2.86. The minimum Gasteiger partial charge on any atom is -0.436 e. The van der Waals surface area contributed by atoms with Crippen molar-refractivity contribution in [3.05, 3.63) is 52.4 Å². The third-order valence-electron chi connectivity index (χ3n) is 2.06. The molecule has 2 aromatic rings. The van der Waals surface area contributed by atoms with Gasteiger partial charge in [-0.25, -0.2) is 9.37 Å². The SMILES string of the molecule is Fc1cc(Br)ccc1Oc1ccc(CCl)cn1. The minimum atomic E-state index is -0.442. The molecule has 0 radical (unpaired) electrons. The summed E-state index contributed by atoms with van der Waals surface area (Å²) in [5.74, 6) is 0.418. The maximum Gasteiger partial charge on any atom is 0.219 e. The van der Waals surface area contributed by atoms with Gasteiger partial charge in [-0.05, 0) is 23.8 Å². The average Bonchev–Trinajstić information content (AvgIpc) is 2.34. The van der Waals surface area contributed by atoms with Gasteiger partial charge in [0.1, 0.15) is 0 Å². The first kappa shape index (κ1) is 12.3. The third kappa shape index (κ3) is 3.17. The fourth-order valence-corrected chi connectivity index (χ4v) is 1.71. The predicted octanol–water partition coefficient (Wildman–Crippen LogP) is 4.51. The van der Waals surface area contributed by atoms with Crippen LogP contribution in [0.25, 0.3) is 0 Å². The van der Waals surface area contributed by atoms with Crippen LogP contribution < -0.4 is 4.74 Å². The second-order valence-corrected chi connectivity index (χ2v) is 4.50. The van der Waals surface area contributed by atoms with Crippen LogP contribution in [0.2, 0.25) is 0 Å². The molecule has 88 valence electrons. The van der Waals surface area contributed by atoms with Crippen molar-refractivity contribution in [3.63, 3.8) is 0 Å². The summed E-state index contributed by atoms with van der Waals surface area (Å²) < 4.78 is 19.5. The summed E-state index contributed by atoms with van der Waals surface area (Å²) in [5, 5.41) is 0. The van der Waals surface area contributed by atoms with Crippen LogP contribution in [0.3, 0.4) is 0 Å². The molecule has 5 heteroatoms. The van der Waals surface area contributed by atoms with Crippen molar-refractivity contribution in [3.8, 4) is 11.6 Å². The number of halogens is 3. The van der Waals surface area contributed by atoms with Crippen LogP contribution in [0.15, 0.2) is 41.0 Å². The molecule has 17 heavy (non-hydrogen) atoms. The molecular weight excluding hydrogens is 308 g/mol. The van der Waals surface area contributed by atoms with Crippen LogP contribution in [-0.4, -0.2) is 4.98 Å². The lowest BCUT2D eigenvalue weighted by Crippen LogP contribution is -1.91. The van der Waals surface area contributed by atoms with Gasteiger partial charge in [-0.2, -0.15) is 0 Å².